The van der Waals surface area contributed by atoms with Crippen LogP contribution in [0.5, 0.6) is 5.75 Å². The molecule has 0 saturated carbocycles. The number of carbonyl (C=O) groups excluding carboxylic acids is 1. The molecule has 0 bridgehead atoms. The first-order valence-corrected chi connectivity index (χ1v) is 8.28. The summed E-state index contributed by atoms with van der Waals surface area (Å²) in [5.74, 6) is 1.21. The van der Waals surface area contributed by atoms with Gasteiger partial charge in [0, 0.05) is 19.3 Å². The Morgan fingerprint density at radius 3 is 2.75 bits per heavy atom. The number of amides is 1. The van der Waals surface area contributed by atoms with Crippen molar-refractivity contribution in [3.8, 4) is 11.4 Å². The number of ether oxygens (including phenoxy) is 1. The molecule has 1 aliphatic rings. The number of hydrogen-bond acceptors (Lipinski definition) is 4. The summed E-state index contributed by atoms with van der Waals surface area (Å²) in [5, 5.41) is 7.81. The number of nitrogens with zero attached hydrogens (tertiary/aromatic N) is 3. The van der Waals surface area contributed by atoms with Crippen LogP contribution in [-0.4, -0.2) is 53.9 Å². The molecule has 1 amide bonds. The van der Waals surface area contributed by atoms with Crippen molar-refractivity contribution in [2.45, 2.75) is 19.4 Å². The van der Waals surface area contributed by atoms with Gasteiger partial charge < -0.3 is 15.0 Å². The normalized spacial score (nSPS) is 20.6. The van der Waals surface area contributed by atoms with E-state index in [9.17, 15) is 4.79 Å². The van der Waals surface area contributed by atoms with Crippen LogP contribution >= 0.6 is 0 Å². The first kappa shape index (κ1) is 16.5. The van der Waals surface area contributed by atoms with Gasteiger partial charge in [-0.25, -0.2) is 4.68 Å². The summed E-state index contributed by atoms with van der Waals surface area (Å²) >= 11 is 0. The first-order chi connectivity index (χ1) is 11.6. The maximum Gasteiger partial charge on any atom is 0.274 e. The van der Waals surface area contributed by atoms with Gasteiger partial charge in [-0.2, -0.15) is 5.10 Å². The van der Waals surface area contributed by atoms with Crippen molar-refractivity contribution < 1.29 is 9.53 Å². The van der Waals surface area contributed by atoms with E-state index in [0.717, 1.165) is 30.9 Å². The van der Waals surface area contributed by atoms with Gasteiger partial charge in [-0.15, -0.1) is 0 Å². The minimum absolute atomic E-state index is 0.0268. The Morgan fingerprint density at radius 2 is 2.08 bits per heavy atom. The second-order valence-corrected chi connectivity index (χ2v) is 6.30. The Kier molecular flexibility index (Phi) is 4.85. The Bertz CT molecular complexity index is 695. The standard InChI is InChI=1S/C18H24N4O2/c1-13-12-19-10-8-17(13)21(2)18(23)16-9-11-22(20-16)14-4-6-15(24-3)7-5-14/h4-7,9,11,13,17,19H,8,10,12H2,1-3H3. The number of aromatic nitrogens is 2. The molecule has 128 valence electrons. The summed E-state index contributed by atoms with van der Waals surface area (Å²) in [5.41, 5.74) is 1.37. The van der Waals surface area contributed by atoms with Crippen molar-refractivity contribution in [3.05, 3.63) is 42.2 Å². The van der Waals surface area contributed by atoms with Gasteiger partial charge in [0.25, 0.3) is 5.91 Å². The molecule has 1 aliphatic heterocycles. The third-order valence-corrected chi connectivity index (χ3v) is 4.70. The van der Waals surface area contributed by atoms with Crippen molar-refractivity contribution >= 4 is 5.91 Å². The lowest BCUT2D eigenvalue weighted by Crippen LogP contribution is -2.49. The van der Waals surface area contributed by atoms with Gasteiger partial charge >= 0.3 is 0 Å². The molecule has 24 heavy (non-hydrogen) atoms. The van der Waals surface area contributed by atoms with Gasteiger partial charge in [0.15, 0.2) is 5.69 Å². The maximum atomic E-state index is 12.7. The van der Waals surface area contributed by atoms with Crippen molar-refractivity contribution in [1.29, 1.82) is 0 Å². The zero-order chi connectivity index (χ0) is 17.1. The molecule has 0 aliphatic carbocycles. The van der Waals surface area contributed by atoms with Crippen LogP contribution in [0.25, 0.3) is 5.69 Å². The summed E-state index contributed by atoms with van der Waals surface area (Å²) in [6.45, 7) is 4.08. The van der Waals surface area contributed by atoms with Crippen LogP contribution in [0, 0.1) is 5.92 Å². The average Bonchev–Trinajstić information content (AvgIpc) is 3.11. The van der Waals surface area contributed by atoms with Crippen molar-refractivity contribution in [2.75, 3.05) is 27.2 Å². The Hall–Kier alpha value is -2.34. The van der Waals surface area contributed by atoms with E-state index >= 15 is 0 Å². The van der Waals surface area contributed by atoms with E-state index in [-0.39, 0.29) is 11.9 Å². The molecule has 2 atom stereocenters. The predicted molar refractivity (Wildman–Crippen MR) is 92.6 cm³/mol. The number of carbonyl (C=O) groups is 1. The Balaban J connectivity index is 1.75. The van der Waals surface area contributed by atoms with Crippen LogP contribution in [0.2, 0.25) is 0 Å². The fourth-order valence-corrected chi connectivity index (χ4v) is 3.22. The predicted octanol–water partition coefficient (Wildman–Crippen LogP) is 1.95. The van der Waals surface area contributed by atoms with E-state index in [1.54, 1.807) is 17.9 Å². The van der Waals surface area contributed by atoms with E-state index in [1.165, 1.54) is 0 Å². The summed E-state index contributed by atoms with van der Waals surface area (Å²) in [6.07, 6.45) is 2.79. The topological polar surface area (TPSA) is 59.4 Å². The molecule has 1 aromatic heterocycles. The third kappa shape index (κ3) is 3.28. The van der Waals surface area contributed by atoms with Crippen LogP contribution in [0.15, 0.2) is 36.5 Å². The summed E-state index contributed by atoms with van der Waals surface area (Å²) in [4.78, 5) is 14.6. The zero-order valence-corrected chi connectivity index (χ0v) is 14.4. The number of piperidine rings is 1. The highest BCUT2D eigenvalue weighted by Crippen LogP contribution is 2.19. The van der Waals surface area contributed by atoms with Gasteiger partial charge in [0.2, 0.25) is 0 Å². The molecule has 2 aromatic rings. The third-order valence-electron chi connectivity index (χ3n) is 4.70. The molecule has 6 nitrogen and oxygen atoms in total. The second kappa shape index (κ2) is 7.05. The smallest absolute Gasteiger partial charge is 0.274 e. The van der Waals surface area contributed by atoms with E-state index in [1.807, 2.05) is 42.4 Å². The van der Waals surface area contributed by atoms with Gasteiger partial charge in [0.05, 0.1) is 12.8 Å². The SMILES string of the molecule is COc1ccc(-n2ccc(C(=O)N(C)C3CCNCC3C)n2)cc1. The largest absolute Gasteiger partial charge is 0.497 e. The lowest BCUT2D eigenvalue weighted by Gasteiger charge is -2.36. The number of benzene rings is 1. The molecular formula is C18H24N4O2. The molecule has 3 rings (SSSR count). The van der Waals surface area contributed by atoms with Gasteiger partial charge in [0.1, 0.15) is 5.75 Å². The fourth-order valence-electron chi connectivity index (χ4n) is 3.22. The Morgan fingerprint density at radius 1 is 1.33 bits per heavy atom. The van der Waals surface area contributed by atoms with E-state index in [0.29, 0.717) is 11.6 Å². The highest BCUT2D eigenvalue weighted by atomic mass is 16.5. The Labute approximate surface area is 142 Å². The van der Waals surface area contributed by atoms with Crippen LogP contribution < -0.4 is 10.1 Å². The molecule has 1 N–H and O–H groups in total. The van der Waals surface area contributed by atoms with Crippen molar-refractivity contribution in [1.82, 2.24) is 20.0 Å². The molecule has 0 radical (unpaired) electrons. The zero-order valence-electron chi connectivity index (χ0n) is 14.4. The number of hydrogen-bond donors (Lipinski definition) is 1. The monoisotopic (exact) mass is 328 g/mol. The lowest BCUT2D eigenvalue weighted by atomic mass is 9.94. The van der Waals surface area contributed by atoms with E-state index < -0.39 is 0 Å². The van der Waals surface area contributed by atoms with Gasteiger partial charge in [-0.1, -0.05) is 6.92 Å². The van der Waals surface area contributed by atoms with Crippen molar-refractivity contribution in [2.24, 2.45) is 5.92 Å². The van der Waals surface area contributed by atoms with Crippen molar-refractivity contribution in [3.63, 3.8) is 0 Å². The van der Waals surface area contributed by atoms with Crippen LogP contribution in [0.3, 0.4) is 0 Å². The summed E-state index contributed by atoms with van der Waals surface area (Å²) in [7, 11) is 3.51. The molecule has 1 aromatic carbocycles. The number of nitrogens with one attached hydrogen (secondary N) is 1. The number of rotatable bonds is 4. The number of methoxy groups -OCH3 is 1. The molecule has 2 heterocycles. The fraction of sp³-hybridized carbons (Fsp3) is 0.444. The lowest BCUT2D eigenvalue weighted by molar-refractivity contribution is 0.0637. The summed E-state index contributed by atoms with van der Waals surface area (Å²) < 4.78 is 6.88. The molecule has 2 unspecified atom stereocenters. The van der Waals surface area contributed by atoms with Gasteiger partial charge in [-0.3, -0.25) is 4.79 Å². The molecular weight excluding hydrogens is 304 g/mol. The van der Waals surface area contributed by atoms with E-state index in [4.69, 9.17) is 4.74 Å². The molecule has 6 heteroatoms. The quantitative estimate of drug-likeness (QED) is 0.932. The van der Waals surface area contributed by atoms with Crippen LogP contribution in [0.1, 0.15) is 23.8 Å². The highest BCUT2D eigenvalue weighted by Gasteiger charge is 2.29. The average molecular weight is 328 g/mol. The molecule has 1 saturated heterocycles. The second-order valence-electron chi connectivity index (χ2n) is 6.30. The maximum absolute atomic E-state index is 12.7. The first-order valence-electron chi connectivity index (χ1n) is 8.28. The van der Waals surface area contributed by atoms with Crippen LogP contribution in [-0.2, 0) is 0 Å². The minimum atomic E-state index is -0.0268. The van der Waals surface area contributed by atoms with Crippen LogP contribution in [0.4, 0.5) is 0 Å². The highest BCUT2D eigenvalue weighted by molar-refractivity contribution is 5.92. The molecule has 0 spiro atoms. The summed E-state index contributed by atoms with van der Waals surface area (Å²) in [6, 6.07) is 9.61. The minimum Gasteiger partial charge on any atom is -0.497 e. The van der Waals surface area contributed by atoms with Gasteiger partial charge in [-0.05, 0) is 55.8 Å². The molecule has 1 fully saturated rings. The van der Waals surface area contributed by atoms with E-state index in [2.05, 4.69) is 17.3 Å².